The van der Waals surface area contributed by atoms with Crippen LogP contribution in [-0.2, 0) is 6.54 Å². The predicted molar refractivity (Wildman–Crippen MR) is 59.0 cm³/mol. The molecule has 3 rings (SSSR count). The van der Waals surface area contributed by atoms with Gasteiger partial charge in [-0.3, -0.25) is 0 Å². The first-order valence-corrected chi connectivity index (χ1v) is 8.84. The Morgan fingerprint density at radius 1 is 1.31 bits per heavy atom. The summed E-state index contributed by atoms with van der Waals surface area (Å²) in [5.74, 6) is 1.30. The number of pyridine rings is 1. The zero-order chi connectivity index (χ0) is 11.1. The molecule has 2 aliphatic heterocycles. The second-order valence-corrected chi connectivity index (χ2v) is 7.02. The van der Waals surface area contributed by atoms with E-state index in [0.29, 0.717) is 11.8 Å². The number of nitrogens with zero attached hydrogens (tertiary/aromatic N) is 2. The van der Waals surface area contributed by atoms with Gasteiger partial charge in [-0.25, -0.2) is 0 Å². The third-order valence-corrected chi connectivity index (χ3v) is 5.83. The molecule has 0 amide bonds. The molecule has 1 aromatic heterocycles. The molecule has 3 heterocycles. The van der Waals surface area contributed by atoms with Gasteiger partial charge in [0.05, 0.1) is 0 Å². The maximum atomic E-state index is 11.8. The average Bonchev–Trinajstić information content (AvgIpc) is 2.30. The number of fused-ring (bicyclic) bond motifs is 4. The summed E-state index contributed by atoms with van der Waals surface area (Å²) in [7, 11) is 0. The fourth-order valence-electron chi connectivity index (χ4n) is 2.98. The van der Waals surface area contributed by atoms with E-state index >= 15 is 0 Å². The second-order valence-electron chi connectivity index (χ2n) is 4.69. The molecular formula is C12H16IN2O-. The monoisotopic (exact) mass is 331 g/mol. The standard InChI is InChI=1S/C12H16IN2O/c1-13-14-6-9-5-10(8-14)11-3-2-4-12(16)15(11)7-9/h2-4,9-10H,5-8H2,1H3/q-1. The van der Waals surface area contributed by atoms with Crippen LogP contribution in [0, 0.1) is 5.92 Å². The summed E-state index contributed by atoms with van der Waals surface area (Å²) in [6.07, 6.45) is 1.28. The molecule has 1 fully saturated rings. The van der Waals surface area contributed by atoms with Gasteiger partial charge in [0.2, 0.25) is 0 Å². The number of aromatic nitrogens is 1. The topological polar surface area (TPSA) is 25.2 Å². The molecule has 0 radical (unpaired) electrons. The molecule has 0 aromatic carbocycles. The van der Waals surface area contributed by atoms with Gasteiger partial charge in [-0.15, -0.1) is 0 Å². The van der Waals surface area contributed by atoms with Crippen molar-refractivity contribution in [3.63, 3.8) is 0 Å². The van der Waals surface area contributed by atoms with E-state index in [-0.39, 0.29) is 27.0 Å². The molecule has 88 valence electrons. The minimum absolute atomic E-state index is 0.187. The summed E-state index contributed by atoms with van der Waals surface area (Å²) in [5, 5.41) is 0. The second kappa shape index (κ2) is 4.14. The van der Waals surface area contributed by atoms with Crippen LogP contribution < -0.4 is 27.0 Å². The van der Waals surface area contributed by atoms with Crippen molar-refractivity contribution in [1.82, 2.24) is 7.68 Å². The number of hydrogen-bond acceptors (Lipinski definition) is 2. The van der Waals surface area contributed by atoms with Gasteiger partial charge < -0.3 is 0 Å². The first-order chi connectivity index (χ1) is 7.78. The van der Waals surface area contributed by atoms with Gasteiger partial charge in [0.25, 0.3) is 0 Å². The van der Waals surface area contributed by atoms with Crippen LogP contribution in [0.15, 0.2) is 23.0 Å². The molecule has 0 spiro atoms. The van der Waals surface area contributed by atoms with Crippen LogP contribution in [0.3, 0.4) is 0 Å². The van der Waals surface area contributed by atoms with Gasteiger partial charge in [0.15, 0.2) is 0 Å². The maximum absolute atomic E-state index is 11.8. The number of hydrogen-bond donors (Lipinski definition) is 0. The Kier molecular flexibility index (Phi) is 2.79. The van der Waals surface area contributed by atoms with E-state index in [1.165, 1.54) is 25.2 Å². The fraction of sp³-hybridized carbons (Fsp3) is 0.583. The van der Waals surface area contributed by atoms with Gasteiger partial charge in [0.1, 0.15) is 0 Å². The molecule has 3 nitrogen and oxygen atoms in total. The molecule has 0 N–H and O–H groups in total. The van der Waals surface area contributed by atoms with Crippen molar-refractivity contribution in [2.75, 3.05) is 18.0 Å². The number of alkyl halides is 1. The van der Waals surface area contributed by atoms with Crippen LogP contribution in [0.4, 0.5) is 0 Å². The number of piperidine rings is 1. The van der Waals surface area contributed by atoms with Crippen LogP contribution in [0.1, 0.15) is 18.0 Å². The average molecular weight is 331 g/mol. The fourth-order valence-corrected chi connectivity index (χ4v) is 4.80. The molecule has 2 aliphatic rings. The van der Waals surface area contributed by atoms with Crippen molar-refractivity contribution in [1.29, 1.82) is 0 Å². The third kappa shape index (κ3) is 1.72. The van der Waals surface area contributed by atoms with Crippen LogP contribution in [0.2, 0.25) is 0 Å². The van der Waals surface area contributed by atoms with E-state index in [1.807, 2.05) is 10.6 Å². The normalized spacial score (nSPS) is 29.1. The third-order valence-electron chi connectivity index (χ3n) is 3.67. The molecule has 2 bridgehead atoms. The van der Waals surface area contributed by atoms with Crippen molar-refractivity contribution in [2.45, 2.75) is 18.9 Å². The minimum atomic E-state index is 0.187. The Morgan fingerprint density at radius 3 is 3.00 bits per heavy atom. The van der Waals surface area contributed by atoms with Gasteiger partial charge >= 0.3 is 106 Å². The molecule has 16 heavy (non-hydrogen) atoms. The molecule has 0 saturated carbocycles. The van der Waals surface area contributed by atoms with Crippen LogP contribution in [-0.4, -0.2) is 25.7 Å². The van der Waals surface area contributed by atoms with Crippen molar-refractivity contribution >= 4 is 0 Å². The van der Waals surface area contributed by atoms with Gasteiger partial charge in [-0.1, -0.05) is 0 Å². The Hall–Kier alpha value is -0.360. The summed E-state index contributed by atoms with van der Waals surface area (Å²) in [5.41, 5.74) is 1.46. The summed E-state index contributed by atoms with van der Waals surface area (Å²) in [6.45, 7) is 3.32. The van der Waals surface area contributed by atoms with E-state index < -0.39 is 0 Å². The summed E-state index contributed by atoms with van der Waals surface area (Å²) >= 11 is 0.207. The molecule has 1 aromatic rings. The quantitative estimate of drug-likeness (QED) is 0.335. The van der Waals surface area contributed by atoms with Crippen molar-refractivity contribution in [3.8, 4) is 0 Å². The van der Waals surface area contributed by atoms with E-state index in [1.54, 1.807) is 6.07 Å². The van der Waals surface area contributed by atoms with Crippen molar-refractivity contribution in [2.24, 2.45) is 5.92 Å². The molecule has 2 unspecified atom stereocenters. The predicted octanol–water partition coefficient (Wildman–Crippen LogP) is -2.10. The molecule has 4 heteroatoms. The molecule has 2 atom stereocenters. The first-order valence-electron chi connectivity index (χ1n) is 5.72. The van der Waals surface area contributed by atoms with Crippen LogP contribution >= 0.6 is 0 Å². The Labute approximate surface area is 106 Å². The zero-order valence-corrected chi connectivity index (χ0v) is 11.6. The molecule has 0 aliphatic carbocycles. The van der Waals surface area contributed by atoms with Gasteiger partial charge in [-0.2, -0.15) is 0 Å². The molecular weight excluding hydrogens is 315 g/mol. The first kappa shape index (κ1) is 10.8. The Balaban J connectivity index is 2.02. The van der Waals surface area contributed by atoms with E-state index in [2.05, 4.69) is 14.1 Å². The zero-order valence-electron chi connectivity index (χ0n) is 9.40. The summed E-state index contributed by atoms with van der Waals surface area (Å²) in [4.78, 5) is 14.1. The van der Waals surface area contributed by atoms with Gasteiger partial charge in [-0.05, 0) is 0 Å². The van der Waals surface area contributed by atoms with Gasteiger partial charge in [0, 0.05) is 0 Å². The Bertz CT molecular complexity index is 457. The van der Waals surface area contributed by atoms with Crippen LogP contribution in [0.5, 0.6) is 0 Å². The van der Waals surface area contributed by atoms with E-state index in [0.717, 1.165) is 6.54 Å². The number of rotatable bonds is 1. The number of halogens is 1. The molecule has 1 saturated heterocycles. The van der Waals surface area contributed by atoms with Crippen molar-refractivity contribution < 1.29 is 21.5 Å². The Morgan fingerprint density at radius 2 is 2.19 bits per heavy atom. The van der Waals surface area contributed by atoms with E-state index in [9.17, 15) is 4.79 Å². The summed E-state index contributed by atoms with van der Waals surface area (Å²) < 4.78 is 4.63. The van der Waals surface area contributed by atoms with Crippen LogP contribution in [0.25, 0.3) is 0 Å². The summed E-state index contributed by atoms with van der Waals surface area (Å²) in [6, 6.07) is 5.74. The SMILES string of the molecule is C[I-]N1CC2CC(C1)c1cccc(=O)n1C2. The van der Waals surface area contributed by atoms with Crippen molar-refractivity contribution in [3.05, 3.63) is 34.2 Å². The van der Waals surface area contributed by atoms with E-state index in [4.69, 9.17) is 0 Å².